The molecule has 0 saturated carbocycles. The lowest BCUT2D eigenvalue weighted by atomic mass is 10.2. The van der Waals surface area contributed by atoms with Crippen molar-refractivity contribution in [2.75, 3.05) is 6.54 Å². The smallest absolute Gasteiger partial charge is 0.289 e. The zero-order chi connectivity index (χ0) is 19.2. The number of carbonyl (C=O) groups is 1. The zero-order valence-electron chi connectivity index (χ0n) is 15.9. The fourth-order valence-corrected chi connectivity index (χ4v) is 3.97. The van der Waals surface area contributed by atoms with Gasteiger partial charge in [0.05, 0.1) is 5.75 Å². The van der Waals surface area contributed by atoms with E-state index in [9.17, 15) is 4.79 Å². The number of hydrogen-bond acceptors (Lipinski definition) is 4. The summed E-state index contributed by atoms with van der Waals surface area (Å²) in [6.07, 6.45) is 3.48. The van der Waals surface area contributed by atoms with Crippen molar-refractivity contribution in [3.05, 3.63) is 83.1 Å². The molecule has 3 rings (SSSR count). The van der Waals surface area contributed by atoms with Crippen molar-refractivity contribution in [3.63, 3.8) is 0 Å². The lowest BCUT2D eigenvalue weighted by Crippen LogP contribution is -2.30. The highest BCUT2D eigenvalue weighted by Gasteiger charge is 2.18. The number of thioether (sulfide) groups is 1. The summed E-state index contributed by atoms with van der Waals surface area (Å²) in [6, 6.07) is 13.8. The van der Waals surface area contributed by atoms with Crippen LogP contribution in [0.4, 0.5) is 0 Å². The highest BCUT2D eigenvalue weighted by Crippen LogP contribution is 2.29. The van der Waals surface area contributed by atoms with Crippen LogP contribution in [0.2, 0.25) is 0 Å². The van der Waals surface area contributed by atoms with Crippen LogP contribution in [0.5, 0.6) is 0 Å². The average molecular weight is 381 g/mol. The number of carbonyl (C=O) groups excluding carboxylic acids is 1. The van der Waals surface area contributed by atoms with E-state index in [1.54, 1.807) is 35.1 Å². The standard InChI is InChI=1S/C22H24N2O2S/c1-4-24(14-18-10-12-23-13-11-18)22(25)20-9-8-19(26-20)15-27-21-16(2)6-5-7-17(21)3/h5-13H,4,14-15H2,1-3H3. The molecule has 2 heterocycles. The highest BCUT2D eigenvalue weighted by molar-refractivity contribution is 7.98. The van der Waals surface area contributed by atoms with Crippen LogP contribution in [0, 0.1) is 13.8 Å². The minimum Gasteiger partial charge on any atom is -0.455 e. The molecular weight excluding hydrogens is 356 g/mol. The first-order valence-electron chi connectivity index (χ1n) is 9.04. The molecule has 1 amide bonds. The van der Waals surface area contributed by atoms with Crippen LogP contribution in [-0.2, 0) is 12.3 Å². The molecule has 0 aliphatic carbocycles. The van der Waals surface area contributed by atoms with E-state index in [2.05, 4.69) is 37.0 Å². The van der Waals surface area contributed by atoms with Gasteiger partial charge in [-0.1, -0.05) is 18.2 Å². The summed E-state index contributed by atoms with van der Waals surface area (Å²) in [6.45, 7) is 7.37. The third kappa shape index (κ3) is 4.80. The van der Waals surface area contributed by atoms with E-state index >= 15 is 0 Å². The molecule has 1 aromatic carbocycles. The van der Waals surface area contributed by atoms with Crippen molar-refractivity contribution in [1.29, 1.82) is 0 Å². The number of pyridine rings is 1. The second-order valence-corrected chi connectivity index (χ2v) is 7.44. The van der Waals surface area contributed by atoms with E-state index in [4.69, 9.17) is 4.42 Å². The molecule has 0 aliphatic heterocycles. The quantitative estimate of drug-likeness (QED) is 0.526. The molecule has 0 spiro atoms. The lowest BCUT2D eigenvalue weighted by molar-refractivity contribution is 0.0719. The number of amides is 1. The van der Waals surface area contributed by atoms with Gasteiger partial charge in [0.1, 0.15) is 5.76 Å². The van der Waals surface area contributed by atoms with Crippen molar-refractivity contribution in [3.8, 4) is 0 Å². The van der Waals surface area contributed by atoms with Gasteiger partial charge in [-0.25, -0.2) is 0 Å². The Morgan fingerprint density at radius 1 is 1.07 bits per heavy atom. The van der Waals surface area contributed by atoms with Gasteiger partial charge >= 0.3 is 0 Å². The molecule has 5 heteroatoms. The van der Waals surface area contributed by atoms with Gasteiger partial charge in [0.25, 0.3) is 5.91 Å². The van der Waals surface area contributed by atoms with Gasteiger partial charge in [0, 0.05) is 30.4 Å². The van der Waals surface area contributed by atoms with Crippen LogP contribution >= 0.6 is 11.8 Å². The fourth-order valence-electron chi connectivity index (χ4n) is 2.93. The Morgan fingerprint density at radius 3 is 2.44 bits per heavy atom. The molecular formula is C22H24N2O2S. The third-order valence-electron chi connectivity index (χ3n) is 4.43. The second-order valence-electron chi connectivity index (χ2n) is 6.45. The van der Waals surface area contributed by atoms with Gasteiger partial charge < -0.3 is 9.32 Å². The summed E-state index contributed by atoms with van der Waals surface area (Å²) in [5.41, 5.74) is 3.58. The Kier molecular flexibility index (Phi) is 6.35. The molecule has 0 fully saturated rings. The summed E-state index contributed by atoms with van der Waals surface area (Å²) in [5, 5.41) is 0. The number of hydrogen-bond donors (Lipinski definition) is 0. The summed E-state index contributed by atoms with van der Waals surface area (Å²) in [4.78, 5) is 19.9. The number of rotatable bonds is 7. The maximum Gasteiger partial charge on any atom is 0.289 e. The minimum atomic E-state index is -0.0855. The first-order chi connectivity index (χ1) is 13.1. The van der Waals surface area contributed by atoms with Crippen molar-refractivity contribution in [1.82, 2.24) is 9.88 Å². The molecule has 0 aliphatic rings. The Balaban J connectivity index is 1.66. The predicted molar refractivity (Wildman–Crippen MR) is 109 cm³/mol. The van der Waals surface area contributed by atoms with Gasteiger partial charge in [-0.05, 0) is 61.7 Å². The van der Waals surface area contributed by atoms with Crippen LogP contribution in [0.3, 0.4) is 0 Å². The van der Waals surface area contributed by atoms with Crippen molar-refractivity contribution >= 4 is 17.7 Å². The summed E-state index contributed by atoms with van der Waals surface area (Å²) < 4.78 is 5.84. The molecule has 0 radical (unpaired) electrons. The molecule has 3 aromatic rings. The molecule has 2 aromatic heterocycles. The first kappa shape index (κ1) is 19.2. The van der Waals surface area contributed by atoms with Gasteiger partial charge in [-0.3, -0.25) is 9.78 Å². The Labute approximate surface area is 164 Å². The van der Waals surface area contributed by atoms with E-state index in [-0.39, 0.29) is 5.91 Å². The monoisotopic (exact) mass is 380 g/mol. The SMILES string of the molecule is CCN(Cc1ccncc1)C(=O)c1ccc(CSc2c(C)cccc2C)o1. The molecule has 140 valence electrons. The van der Waals surface area contributed by atoms with Crippen LogP contribution < -0.4 is 0 Å². The van der Waals surface area contributed by atoms with E-state index in [1.807, 2.05) is 25.1 Å². The molecule has 0 N–H and O–H groups in total. The Bertz CT molecular complexity index is 885. The fraction of sp³-hybridized carbons (Fsp3) is 0.273. The third-order valence-corrected chi connectivity index (χ3v) is 5.79. The maximum atomic E-state index is 12.8. The molecule has 0 saturated heterocycles. The summed E-state index contributed by atoms with van der Waals surface area (Å²) >= 11 is 1.74. The predicted octanol–water partition coefficient (Wildman–Crippen LogP) is 5.25. The van der Waals surface area contributed by atoms with Crippen molar-refractivity contribution in [2.45, 2.75) is 38.0 Å². The van der Waals surface area contributed by atoms with Crippen LogP contribution in [-0.4, -0.2) is 22.3 Å². The van der Waals surface area contributed by atoms with Crippen molar-refractivity contribution in [2.24, 2.45) is 0 Å². The van der Waals surface area contributed by atoms with E-state index in [0.29, 0.717) is 24.6 Å². The van der Waals surface area contributed by atoms with Crippen molar-refractivity contribution < 1.29 is 9.21 Å². The number of aryl methyl sites for hydroxylation is 2. The zero-order valence-corrected chi connectivity index (χ0v) is 16.8. The topological polar surface area (TPSA) is 46.3 Å². The molecule has 0 bridgehead atoms. The van der Waals surface area contributed by atoms with E-state index in [1.165, 1.54) is 16.0 Å². The van der Waals surface area contributed by atoms with Gasteiger partial charge in [-0.2, -0.15) is 0 Å². The molecule has 0 atom stereocenters. The largest absolute Gasteiger partial charge is 0.455 e. The minimum absolute atomic E-state index is 0.0855. The second kappa shape index (κ2) is 8.91. The van der Waals surface area contributed by atoms with Gasteiger partial charge in [-0.15, -0.1) is 11.8 Å². The first-order valence-corrected chi connectivity index (χ1v) is 10.0. The maximum absolute atomic E-state index is 12.8. The summed E-state index contributed by atoms with van der Waals surface area (Å²) in [5.74, 6) is 1.82. The number of furan rings is 1. The Hall–Kier alpha value is -2.53. The van der Waals surface area contributed by atoms with Gasteiger partial charge in [0.2, 0.25) is 0 Å². The molecule has 4 nitrogen and oxygen atoms in total. The van der Waals surface area contributed by atoms with Crippen LogP contribution in [0.1, 0.15) is 39.9 Å². The van der Waals surface area contributed by atoms with Gasteiger partial charge in [0.15, 0.2) is 5.76 Å². The molecule has 0 unspecified atom stereocenters. The van der Waals surface area contributed by atoms with E-state index in [0.717, 1.165) is 11.3 Å². The van der Waals surface area contributed by atoms with Crippen LogP contribution in [0.25, 0.3) is 0 Å². The normalized spacial score (nSPS) is 10.8. The average Bonchev–Trinajstić information content (AvgIpc) is 3.15. The molecule has 27 heavy (non-hydrogen) atoms. The number of aromatic nitrogens is 1. The number of nitrogens with zero attached hydrogens (tertiary/aromatic N) is 2. The Morgan fingerprint density at radius 2 is 1.78 bits per heavy atom. The van der Waals surface area contributed by atoms with Crippen LogP contribution in [0.15, 0.2) is 64.2 Å². The van der Waals surface area contributed by atoms with E-state index < -0.39 is 0 Å². The highest BCUT2D eigenvalue weighted by atomic mass is 32.2. The number of benzene rings is 1. The lowest BCUT2D eigenvalue weighted by Gasteiger charge is -2.19. The summed E-state index contributed by atoms with van der Waals surface area (Å²) in [7, 11) is 0.